The maximum absolute atomic E-state index is 11.1. The van der Waals surface area contributed by atoms with Crippen molar-refractivity contribution in [1.29, 1.82) is 0 Å². The molecule has 1 unspecified atom stereocenters. The first-order valence-corrected chi connectivity index (χ1v) is 4.49. The number of hydrogen-bond donors (Lipinski definition) is 2. The van der Waals surface area contributed by atoms with Gasteiger partial charge < -0.3 is 10.4 Å². The Kier molecular flexibility index (Phi) is 3.62. The number of alkyl halides is 1. The fourth-order valence-electron chi connectivity index (χ4n) is 0.797. The second kappa shape index (κ2) is 4.74. The number of amides is 1. The van der Waals surface area contributed by atoms with Crippen molar-refractivity contribution >= 4 is 29.3 Å². The topological polar surface area (TPSA) is 97.1 Å². The molecule has 0 radical (unpaired) electrons. The summed E-state index contributed by atoms with van der Waals surface area (Å²) >= 11 is 5.51. The van der Waals surface area contributed by atoms with E-state index in [1.54, 1.807) is 0 Å². The standard InChI is InChI=1S/C7H9ClN4O3/c1-4(8)7(15)9-5-2-12(11-10-5)3-6(13)14/h2,4H,3H2,1H3,(H,9,15)(H,13,14). The molecule has 0 aliphatic carbocycles. The van der Waals surface area contributed by atoms with E-state index < -0.39 is 17.3 Å². The lowest BCUT2D eigenvalue weighted by molar-refractivity contribution is -0.137. The molecule has 1 amide bonds. The van der Waals surface area contributed by atoms with Gasteiger partial charge in [0, 0.05) is 0 Å². The third-order valence-electron chi connectivity index (χ3n) is 1.45. The van der Waals surface area contributed by atoms with E-state index in [2.05, 4.69) is 15.6 Å². The summed E-state index contributed by atoms with van der Waals surface area (Å²) in [5.41, 5.74) is 0. The maximum atomic E-state index is 11.1. The predicted molar refractivity (Wildman–Crippen MR) is 51.6 cm³/mol. The monoisotopic (exact) mass is 232 g/mol. The van der Waals surface area contributed by atoms with E-state index in [0.29, 0.717) is 0 Å². The number of nitrogens with one attached hydrogen (secondary N) is 1. The van der Waals surface area contributed by atoms with Gasteiger partial charge in [0.2, 0.25) is 5.91 Å². The fourth-order valence-corrected chi connectivity index (χ4v) is 0.852. The van der Waals surface area contributed by atoms with E-state index in [9.17, 15) is 9.59 Å². The molecule has 0 spiro atoms. The molecule has 0 saturated carbocycles. The van der Waals surface area contributed by atoms with Crippen molar-refractivity contribution in [2.24, 2.45) is 0 Å². The average Bonchev–Trinajstić information content (AvgIpc) is 2.51. The summed E-state index contributed by atoms with van der Waals surface area (Å²) in [6.07, 6.45) is 1.31. The Hall–Kier alpha value is -1.63. The molecule has 1 rings (SSSR count). The van der Waals surface area contributed by atoms with Gasteiger partial charge in [-0.15, -0.1) is 16.7 Å². The molecule has 0 aromatic carbocycles. The molecule has 1 heterocycles. The Morgan fingerprint density at radius 2 is 2.40 bits per heavy atom. The van der Waals surface area contributed by atoms with Gasteiger partial charge >= 0.3 is 5.97 Å². The van der Waals surface area contributed by atoms with Crippen molar-refractivity contribution in [3.8, 4) is 0 Å². The summed E-state index contributed by atoms with van der Waals surface area (Å²) in [7, 11) is 0. The number of carbonyl (C=O) groups excluding carboxylic acids is 1. The molecule has 1 atom stereocenters. The van der Waals surface area contributed by atoms with Crippen LogP contribution in [-0.2, 0) is 16.1 Å². The van der Waals surface area contributed by atoms with Crippen LogP contribution >= 0.6 is 11.6 Å². The highest BCUT2D eigenvalue weighted by Crippen LogP contribution is 2.03. The molecular formula is C7H9ClN4O3. The highest BCUT2D eigenvalue weighted by atomic mass is 35.5. The van der Waals surface area contributed by atoms with Gasteiger partial charge in [0.15, 0.2) is 5.82 Å². The van der Waals surface area contributed by atoms with Crippen LogP contribution in [0, 0.1) is 0 Å². The average molecular weight is 233 g/mol. The Balaban J connectivity index is 2.60. The number of nitrogens with zero attached hydrogens (tertiary/aromatic N) is 3. The summed E-state index contributed by atoms with van der Waals surface area (Å²) in [6, 6.07) is 0. The van der Waals surface area contributed by atoms with Gasteiger partial charge in [-0.05, 0) is 6.92 Å². The zero-order chi connectivity index (χ0) is 11.4. The van der Waals surface area contributed by atoms with E-state index in [-0.39, 0.29) is 12.4 Å². The quantitative estimate of drug-likeness (QED) is 0.708. The van der Waals surface area contributed by atoms with Crippen molar-refractivity contribution in [3.05, 3.63) is 6.20 Å². The van der Waals surface area contributed by atoms with Gasteiger partial charge in [0.1, 0.15) is 11.9 Å². The number of anilines is 1. The molecule has 1 aromatic rings. The van der Waals surface area contributed by atoms with E-state index in [0.717, 1.165) is 4.68 Å². The van der Waals surface area contributed by atoms with Gasteiger partial charge in [0.05, 0.1) is 6.20 Å². The lowest BCUT2D eigenvalue weighted by atomic mass is 10.4. The summed E-state index contributed by atoms with van der Waals surface area (Å²) in [6.45, 7) is 1.21. The minimum Gasteiger partial charge on any atom is -0.480 e. The molecule has 0 saturated heterocycles. The number of halogens is 1. The summed E-state index contributed by atoms with van der Waals surface area (Å²) < 4.78 is 1.09. The molecule has 0 fully saturated rings. The van der Waals surface area contributed by atoms with Crippen molar-refractivity contribution in [1.82, 2.24) is 15.0 Å². The minimum atomic E-state index is -1.04. The minimum absolute atomic E-state index is 0.175. The first-order valence-electron chi connectivity index (χ1n) is 4.06. The Morgan fingerprint density at radius 1 is 1.73 bits per heavy atom. The van der Waals surface area contributed by atoms with Crippen LogP contribution < -0.4 is 5.32 Å². The van der Waals surface area contributed by atoms with Crippen LogP contribution in [0.25, 0.3) is 0 Å². The molecular weight excluding hydrogens is 224 g/mol. The lowest BCUT2D eigenvalue weighted by Gasteiger charge is -2.00. The van der Waals surface area contributed by atoms with Crippen molar-refractivity contribution in [2.75, 3.05) is 5.32 Å². The smallest absolute Gasteiger partial charge is 0.325 e. The normalized spacial score (nSPS) is 12.1. The van der Waals surface area contributed by atoms with Crippen LogP contribution in [-0.4, -0.2) is 37.4 Å². The highest BCUT2D eigenvalue weighted by molar-refractivity contribution is 6.32. The number of aliphatic carboxylic acids is 1. The third kappa shape index (κ3) is 3.55. The molecule has 0 bridgehead atoms. The third-order valence-corrected chi connectivity index (χ3v) is 1.65. The van der Waals surface area contributed by atoms with Crippen LogP contribution in [0.3, 0.4) is 0 Å². The van der Waals surface area contributed by atoms with Crippen LogP contribution in [0.1, 0.15) is 6.92 Å². The van der Waals surface area contributed by atoms with Crippen molar-refractivity contribution in [3.63, 3.8) is 0 Å². The van der Waals surface area contributed by atoms with Crippen molar-refractivity contribution in [2.45, 2.75) is 18.8 Å². The number of carboxylic acids is 1. The number of rotatable bonds is 4. The predicted octanol–water partition coefficient (Wildman–Crippen LogP) is -0.0715. The van der Waals surface area contributed by atoms with Crippen molar-refractivity contribution < 1.29 is 14.7 Å². The van der Waals surface area contributed by atoms with Crippen LogP contribution in [0.4, 0.5) is 5.82 Å². The first kappa shape index (κ1) is 11.4. The lowest BCUT2D eigenvalue weighted by Crippen LogP contribution is -2.20. The largest absolute Gasteiger partial charge is 0.480 e. The molecule has 0 aliphatic rings. The first-order chi connectivity index (χ1) is 6.99. The second-order valence-corrected chi connectivity index (χ2v) is 3.46. The molecule has 0 aliphatic heterocycles. The number of carbonyl (C=O) groups is 2. The molecule has 8 heteroatoms. The Labute approximate surface area is 90.0 Å². The van der Waals surface area contributed by atoms with Crippen LogP contribution in [0.5, 0.6) is 0 Å². The van der Waals surface area contributed by atoms with E-state index in [1.807, 2.05) is 0 Å². The Morgan fingerprint density at radius 3 is 2.93 bits per heavy atom. The number of aromatic nitrogens is 3. The maximum Gasteiger partial charge on any atom is 0.325 e. The van der Waals surface area contributed by atoms with Gasteiger partial charge in [-0.25, -0.2) is 4.68 Å². The van der Waals surface area contributed by atoms with Crippen LogP contribution in [0.2, 0.25) is 0 Å². The fraction of sp³-hybridized carbons (Fsp3) is 0.429. The summed E-state index contributed by atoms with van der Waals surface area (Å²) in [5.74, 6) is -1.28. The van der Waals surface area contributed by atoms with Gasteiger partial charge in [-0.2, -0.15) is 0 Å². The van der Waals surface area contributed by atoms with Gasteiger partial charge in [0.25, 0.3) is 0 Å². The van der Waals surface area contributed by atoms with E-state index >= 15 is 0 Å². The number of carboxylic acid groups (broad SMARTS) is 1. The molecule has 82 valence electrons. The molecule has 1 aromatic heterocycles. The zero-order valence-electron chi connectivity index (χ0n) is 7.85. The van der Waals surface area contributed by atoms with Gasteiger partial charge in [-0.3, -0.25) is 9.59 Å². The summed E-state index contributed by atoms with van der Waals surface area (Å²) in [4.78, 5) is 21.4. The highest BCUT2D eigenvalue weighted by Gasteiger charge is 2.11. The SMILES string of the molecule is CC(Cl)C(=O)Nc1cn(CC(=O)O)nn1. The zero-order valence-corrected chi connectivity index (χ0v) is 8.60. The second-order valence-electron chi connectivity index (χ2n) is 2.80. The molecule has 2 N–H and O–H groups in total. The van der Waals surface area contributed by atoms with Gasteiger partial charge in [-0.1, -0.05) is 5.21 Å². The van der Waals surface area contributed by atoms with E-state index in [1.165, 1.54) is 13.1 Å². The molecule has 7 nitrogen and oxygen atoms in total. The van der Waals surface area contributed by atoms with E-state index in [4.69, 9.17) is 16.7 Å². The number of hydrogen-bond acceptors (Lipinski definition) is 4. The van der Waals surface area contributed by atoms with Crippen LogP contribution in [0.15, 0.2) is 6.20 Å². The molecule has 15 heavy (non-hydrogen) atoms. The Bertz CT molecular complexity index is 376. The summed E-state index contributed by atoms with van der Waals surface area (Å²) in [5, 5.41) is 17.2.